The van der Waals surface area contributed by atoms with Crippen LogP contribution in [0.1, 0.15) is 18.9 Å². The summed E-state index contributed by atoms with van der Waals surface area (Å²) < 4.78 is 1.75. The van der Waals surface area contributed by atoms with E-state index in [-0.39, 0.29) is 6.04 Å². The minimum Gasteiger partial charge on any atom is -0.350 e. The van der Waals surface area contributed by atoms with E-state index in [1.807, 2.05) is 32.2 Å². The highest BCUT2D eigenvalue weighted by Crippen LogP contribution is 2.08. The first-order valence-electron chi connectivity index (χ1n) is 5.22. The smallest absolute Gasteiger partial charge is 0.243 e. The number of hydrogen-bond acceptors (Lipinski definition) is 3. The maximum atomic E-state index is 5.24. The predicted octanol–water partition coefficient (Wildman–Crippen LogP) is 1.86. The van der Waals surface area contributed by atoms with E-state index in [0.29, 0.717) is 12.4 Å². The Morgan fingerprint density at radius 2 is 2.44 bits per heavy atom. The van der Waals surface area contributed by atoms with Crippen LogP contribution in [0, 0.1) is 19.3 Å². The summed E-state index contributed by atoms with van der Waals surface area (Å²) in [7, 11) is 0. The molecule has 0 spiro atoms. The van der Waals surface area contributed by atoms with E-state index in [2.05, 4.69) is 21.3 Å². The van der Waals surface area contributed by atoms with Crippen molar-refractivity contribution in [1.82, 2.24) is 14.6 Å². The molecule has 0 fully saturated rings. The highest BCUT2D eigenvalue weighted by Gasteiger charge is 2.06. The lowest BCUT2D eigenvalue weighted by Crippen LogP contribution is -2.15. The second kappa shape index (κ2) is 4.23. The molecule has 2 heterocycles. The minimum atomic E-state index is 0.184. The highest BCUT2D eigenvalue weighted by atomic mass is 15.3. The first-order chi connectivity index (χ1) is 7.69. The number of nitrogens with one attached hydrogen (secondary N) is 1. The summed E-state index contributed by atoms with van der Waals surface area (Å²) in [6.07, 6.45) is 7.80. The third-order valence-corrected chi connectivity index (χ3v) is 2.29. The Hall–Kier alpha value is -2.02. The van der Waals surface area contributed by atoms with E-state index < -0.39 is 0 Å². The number of aryl methyl sites for hydroxylation is 1. The van der Waals surface area contributed by atoms with Crippen LogP contribution in [-0.2, 0) is 0 Å². The number of rotatable bonds is 3. The summed E-state index contributed by atoms with van der Waals surface area (Å²) in [4.78, 5) is 4.37. The quantitative estimate of drug-likeness (QED) is 0.793. The first-order valence-corrected chi connectivity index (χ1v) is 5.22. The molecule has 0 amide bonds. The number of anilines is 1. The van der Waals surface area contributed by atoms with Gasteiger partial charge in [-0.2, -0.15) is 4.98 Å². The van der Waals surface area contributed by atoms with E-state index in [1.54, 1.807) is 4.52 Å². The summed E-state index contributed by atoms with van der Waals surface area (Å²) in [5.74, 6) is 3.22. The van der Waals surface area contributed by atoms with Crippen LogP contribution in [0.5, 0.6) is 0 Å². The third-order valence-electron chi connectivity index (χ3n) is 2.29. The maximum absolute atomic E-state index is 5.24. The molecule has 2 aromatic heterocycles. The number of pyridine rings is 1. The monoisotopic (exact) mass is 214 g/mol. The van der Waals surface area contributed by atoms with Crippen LogP contribution in [0.25, 0.3) is 5.65 Å². The van der Waals surface area contributed by atoms with Gasteiger partial charge in [-0.3, -0.25) is 0 Å². The summed E-state index contributed by atoms with van der Waals surface area (Å²) in [6, 6.07) is 4.17. The van der Waals surface area contributed by atoms with Gasteiger partial charge in [0.2, 0.25) is 5.95 Å². The zero-order valence-electron chi connectivity index (χ0n) is 9.44. The van der Waals surface area contributed by atoms with Crippen LogP contribution in [-0.4, -0.2) is 20.6 Å². The van der Waals surface area contributed by atoms with Gasteiger partial charge in [0.1, 0.15) is 0 Å². The largest absolute Gasteiger partial charge is 0.350 e. The molecule has 16 heavy (non-hydrogen) atoms. The van der Waals surface area contributed by atoms with Gasteiger partial charge in [0, 0.05) is 18.7 Å². The molecule has 0 bridgehead atoms. The molecule has 4 heteroatoms. The van der Waals surface area contributed by atoms with E-state index in [4.69, 9.17) is 6.42 Å². The van der Waals surface area contributed by atoms with Crippen LogP contribution in [0.15, 0.2) is 18.3 Å². The zero-order chi connectivity index (χ0) is 11.5. The Bertz CT molecular complexity index is 535. The predicted molar refractivity (Wildman–Crippen MR) is 64.3 cm³/mol. The second-order valence-electron chi connectivity index (χ2n) is 3.90. The standard InChI is InChI=1S/C12H14N4/c1-4-5-10(3)13-12-14-11-8-9(2)6-7-16(11)15-12/h1,6-8,10H,5H2,2-3H3,(H,13,15). The average molecular weight is 214 g/mol. The van der Waals surface area contributed by atoms with Crippen molar-refractivity contribution in [3.8, 4) is 12.3 Å². The molecule has 0 radical (unpaired) electrons. The van der Waals surface area contributed by atoms with Crippen LogP contribution < -0.4 is 5.32 Å². The molecular formula is C12H14N4. The molecule has 0 saturated heterocycles. The molecular weight excluding hydrogens is 200 g/mol. The Morgan fingerprint density at radius 1 is 1.62 bits per heavy atom. The topological polar surface area (TPSA) is 42.2 Å². The van der Waals surface area contributed by atoms with Crippen molar-refractivity contribution in [3.05, 3.63) is 23.9 Å². The average Bonchev–Trinajstić information content (AvgIpc) is 2.59. The number of nitrogens with zero attached hydrogens (tertiary/aromatic N) is 3. The SMILES string of the molecule is C#CCC(C)Nc1nc2cc(C)ccn2n1. The second-order valence-corrected chi connectivity index (χ2v) is 3.90. The van der Waals surface area contributed by atoms with Crippen molar-refractivity contribution in [1.29, 1.82) is 0 Å². The Balaban J connectivity index is 2.23. The molecule has 0 aromatic carbocycles. The van der Waals surface area contributed by atoms with Gasteiger partial charge >= 0.3 is 0 Å². The van der Waals surface area contributed by atoms with Gasteiger partial charge < -0.3 is 5.32 Å². The fourth-order valence-electron chi connectivity index (χ4n) is 1.49. The highest BCUT2D eigenvalue weighted by molar-refractivity contribution is 5.45. The zero-order valence-corrected chi connectivity index (χ0v) is 9.44. The molecule has 2 rings (SSSR count). The molecule has 4 nitrogen and oxygen atoms in total. The van der Waals surface area contributed by atoms with Crippen LogP contribution >= 0.6 is 0 Å². The van der Waals surface area contributed by atoms with Crippen molar-refractivity contribution >= 4 is 11.6 Å². The maximum Gasteiger partial charge on any atom is 0.243 e. The van der Waals surface area contributed by atoms with Gasteiger partial charge in [-0.25, -0.2) is 4.52 Å². The Morgan fingerprint density at radius 3 is 3.19 bits per heavy atom. The van der Waals surface area contributed by atoms with Crippen molar-refractivity contribution in [2.24, 2.45) is 0 Å². The van der Waals surface area contributed by atoms with Crippen LogP contribution in [0.3, 0.4) is 0 Å². The molecule has 1 unspecified atom stereocenters. The summed E-state index contributed by atoms with van der Waals surface area (Å²) in [5, 5.41) is 7.47. The van der Waals surface area contributed by atoms with E-state index >= 15 is 0 Å². The summed E-state index contributed by atoms with van der Waals surface area (Å²) in [5.41, 5.74) is 2.01. The lowest BCUT2D eigenvalue weighted by Gasteiger charge is -2.06. The molecule has 0 aliphatic heterocycles. The summed E-state index contributed by atoms with van der Waals surface area (Å²) in [6.45, 7) is 4.04. The number of fused-ring (bicyclic) bond motifs is 1. The third kappa shape index (κ3) is 2.14. The first kappa shape index (κ1) is 10.5. The lowest BCUT2D eigenvalue weighted by molar-refractivity contribution is 0.808. The van der Waals surface area contributed by atoms with Crippen molar-refractivity contribution in [3.63, 3.8) is 0 Å². The lowest BCUT2D eigenvalue weighted by atomic mass is 10.2. The van der Waals surface area contributed by atoms with Crippen molar-refractivity contribution in [2.75, 3.05) is 5.32 Å². The molecule has 1 atom stereocenters. The van der Waals surface area contributed by atoms with Gasteiger partial charge in [-0.05, 0) is 31.5 Å². The Kier molecular flexibility index (Phi) is 2.78. The van der Waals surface area contributed by atoms with Gasteiger partial charge in [-0.15, -0.1) is 17.4 Å². The Labute approximate surface area is 94.7 Å². The van der Waals surface area contributed by atoms with Crippen LogP contribution in [0.2, 0.25) is 0 Å². The van der Waals surface area contributed by atoms with Gasteiger partial charge in [0.25, 0.3) is 0 Å². The van der Waals surface area contributed by atoms with E-state index in [1.165, 1.54) is 5.56 Å². The van der Waals surface area contributed by atoms with E-state index in [9.17, 15) is 0 Å². The molecule has 1 N–H and O–H groups in total. The molecule has 0 aliphatic rings. The van der Waals surface area contributed by atoms with Crippen molar-refractivity contribution in [2.45, 2.75) is 26.3 Å². The van der Waals surface area contributed by atoms with E-state index in [0.717, 1.165) is 5.65 Å². The van der Waals surface area contributed by atoms with Crippen LogP contribution in [0.4, 0.5) is 5.95 Å². The number of aromatic nitrogens is 3. The summed E-state index contributed by atoms with van der Waals surface area (Å²) >= 11 is 0. The number of terminal acetylenes is 1. The van der Waals surface area contributed by atoms with Gasteiger partial charge in [-0.1, -0.05) is 0 Å². The fraction of sp³-hybridized carbons (Fsp3) is 0.333. The molecule has 0 aliphatic carbocycles. The minimum absolute atomic E-state index is 0.184. The van der Waals surface area contributed by atoms with Gasteiger partial charge in [0.05, 0.1) is 0 Å². The molecule has 2 aromatic rings. The molecule has 0 saturated carbocycles. The normalized spacial score (nSPS) is 12.3. The van der Waals surface area contributed by atoms with Crippen molar-refractivity contribution < 1.29 is 0 Å². The molecule has 82 valence electrons. The fourth-order valence-corrected chi connectivity index (χ4v) is 1.49. The van der Waals surface area contributed by atoms with Gasteiger partial charge in [0.15, 0.2) is 5.65 Å². The number of hydrogen-bond donors (Lipinski definition) is 1.